The molecule has 3 aromatic rings. The zero-order valence-electron chi connectivity index (χ0n) is 19.5. The Kier molecular flexibility index (Phi) is 8.40. The second kappa shape index (κ2) is 11.7. The first-order valence-electron chi connectivity index (χ1n) is 11.8. The molecule has 1 fully saturated rings. The van der Waals surface area contributed by atoms with Crippen molar-refractivity contribution in [1.82, 2.24) is 9.88 Å². The van der Waals surface area contributed by atoms with Crippen LogP contribution in [0.15, 0.2) is 59.6 Å². The van der Waals surface area contributed by atoms with Gasteiger partial charge >= 0.3 is 5.97 Å². The Bertz CT molecular complexity index is 1130. The normalized spacial score (nSPS) is 18.8. The van der Waals surface area contributed by atoms with Crippen LogP contribution in [0.5, 0.6) is 5.75 Å². The number of benzene rings is 2. The van der Waals surface area contributed by atoms with Crippen LogP contribution in [-0.4, -0.2) is 53.5 Å². The summed E-state index contributed by atoms with van der Waals surface area (Å²) in [6.07, 6.45) is 5.43. The number of halogens is 1. The highest BCUT2D eigenvalue weighted by Crippen LogP contribution is 2.30. The van der Waals surface area contributed by atoms with Crippen LogP contribution in [0.2, 0.25) is 0 Å². The van der Waals surface area contributed by atoms with Crippen molar-refractivity contribution in [3.05, 3.63) is 66.1 Å². The molecule has 0 radical (unpaired) electrons. The second-order valence-corrected chi connectivity index (χ2v) is 9.96. The zero-order valence-corrected chi connectivity index (χ0v) is 20.3. The molecule has 1 N–H and O–H groups in total. The molecule has 4 rings (SSSR count). The van der Waals surface area contributed by atoms with Crippen LogP contribution in [0.3, 0.4) is 0 Å². The summed E-state index contributed by atoms with van der Waals surface area (Å²) >= 11 is 1.49. The zero-order chi connectivity index (χ0) is 23.9. The van der Waals surface area contributed by atoms with Gasteiger partial charge in [-0.05, 0) is 80.1 Å². The molecule has 2 atom stereocenters. The van der Waals surface area contributed by atoms with E-state index in [-0.39, 0.29) is 17.7 Å². The first-order valence-corrected chi connectivity index (χ1v) is 12.8. The maximum absolute atomic E-state index is 13.8. The Morgan fingerprint density at radius 1 is 1.26 bits per heavy atom. The Morgan fingerprint density at radius 2 is 2.12 bits per heavy atom. The minimum absolute atomic E-state index is 0.176. The Balaban J connectivity index is 1.30. The van der Waals surface area contributed by atoms with E-state index < -0.39 is 5.97 Å². The fraction of sp³-hybridized carbons (Fsp3) is 0.407. The van der Waals surface area contributed by atoms with Gasteiger partial charge in [0.1, 0.15) is 11.6 Å². The number of ether oxygens (including phenoxy) is 1. The number of piperidine rings is 1. The van der Waals surface area contributed by atoms with Crippen LogP contribution in [0, 0.1) is 17.7 Å². The largest absolute Gasteiger partial charge is 0.497 e. The van der Waals surface area contributed by atoms with Gasteiger partial charge in [0, 0.05) is 35.3 Å². The number of carboxylic acid groups (broad SMARTS) is 1. The van der Waals surface area contributed by atoms with Gasteiger partial charge in [-0.3, -0.25) is 9.78 Å². The number of hydrogen-bond donors (Lipinski definition) is 1. The number of aromatic nitrogens is 1. The number of aryl methyl sites for hydroxylation is 1. The van der Waals surface area contributed by atoms with Gasteiger partial charge in [0.05, 0.1) is 18.5 Å². The average Bonchev–Trinajstić information content (AvgIpc) is 2.85. The van der Waals surface area contributed by atoms with Crippen molar-refractivity contribution < 1.29 is 19.0 Å². The van der Waals surface area contributed by atoms with Crippen molar-refractivity contribution in [3.63, 3.8) is 0 Å². The number of carbonyl (C=O) groups is 1. The van der Waals surface area contributed by atoms with Gasteiger partial charge in [0.15, 0.2) is 0 Å². The molecule has 7 heteroatoms. The van der Waals surface area contributed by atoms with Crippen LogP contribution in [0.4, 0.5) is 4.39 Å². The van der Waals surface area contributed by atoms with Crippen molar-refractivity contribution in [3.8, 4) is 5.75 Å². The molecule has 0 bridgehead atoms. The lowest BCUT2D eigenvalue weighted by Gasteiger charge is -2.36. The SMILES string of the molecule is COc1ccc2nccc(CCC[C@@H]3CCN(CCSc4ccccc4F)C[C@@H]3C(=O)O)c2c1. The summed E-state index contributed by atoms with van der Waals surface area (Å²) in [7, 11) is 1.66. The van der Waals surface area contributed by atoms with Crippen LogP contribution >= 0.6 is 11.8 Å². The standard InChI is InChI=1S/C27H31FN2O3S/c1-33-21-9-10-25-22(17-21)19(11-13-29-25)5-4-6-20-12-14-30(18-23(20)27(31)32)15-16-34-26-8-3-2-7-24(26)28/h2-3,7-11,13,17,20,23H,4-6,12,14-16,18H2,1H3,(H,31,32)/t20-,23+/m1/s1. The molecule has 180 valence electrons. The molecule has 1 aliphatic rings. The Hall–Kier alpha value is -2.64. The highest BCUT2D eigenvalue weighted by Gasteiger charge is 2.33. The van der Waals surface area contributed by atoms with Crippen molar-refractivity contribution in [1.29, 1.82) is 0 Å². The molecular weight excluding hydrogens is 451 g/mol. The third-order valence-corrected chi connectivity index (χ3v) is 7.75. The van der Waals surface area contributed by atoms with Gasteiger partial charge in [-0.25, -0.2) is 4.39 Å². The molecule has 5 nitrogen and oxygen atoms in total. The van der Waals surface area contributed by atoms with Crippen molar-refractivity contribution in [2.75, 3.05) is 32.5 Å². The van der Waals surface area contributed by atoms with Gasteiger partial charge in [0.2, 0.25) is 0 Å². The maximum atomic E-state index is 13.8. The van der Waals surface area contributed by atoms with E-state index in [9.17, 15) is 14.3 Å². The molecular formula is C27H31FN2O3S. The molecule has 0 saturated carbocycles. The number of fused-ring (bicyclic) bond motifs is 1. The van der Waals surface area contributed by atoms with Crippen LogP contribution in [-0.2, 0) is 11.2 Å². The van der Waals surface area contributed by atoms with E-state index in [1.54, 1.807) is 19.2 Å². The molecule has 0 amide bonds. The fourth-order valence-electron chi connectivity index (χ4n) is 4.82. The van der Waals surface area contributed by atoms with Crippen LogP contribution in [0.25, 0.3) is 10.9 Å². The summed E-state index contributed by atoms with van der Waals surface area (Å²) in [5, 5.41) is 11.0. The molecule has 0 spiro atoms. The number of aliphatic carboxylic acids is 1. The molecule has 2 heterocycles. The van der Waals surface area contributed by atoms with E-state index >= 15 is 0 Å². The monoisotopic (exact) mass is 482 g/mol. The fourth-order valence-corrected chi connectivity index (χ4v) is 5.77. The lowest BCUT2D eigenvalue weighted by Crippen LogP contribution is -2.44. The van der Waals surface area contributed by atoms with Gasteiger partial charge in [-0.1, -0.05) is 12.1 Å². The Morgan fingerprint density at radius 3 is 2.91 bits per heavy atom. The van der Waals surface area contributed by atoms with Crippen LogP contribution in [0.1, 0.15) is 24.8 Å². The van der Waals surface area contributed by atoms with Crippen molar-refractivity contribution in [2.45, 2.75) is 30.6 Å². The molecule has 2 aromatic carbocycles. The summed E-state index contributed by atoms with van der Waals surface area (Å²) in [6, 6.07) is 14.7. The number of rotatable bonds is 10. The summed E-state index contributed by atoms with van der Waals surface area (Å²) in [4.78, 5) is 19.3. The van der Waals surface area contributed by atoms with E-state index in [2.05, 4.69) is 9.88 Å². The van der Waals surface area contributed by atoms with E-state index in [4.69, 9.17) is 4.74 Å². The van der Waals surface area contributed by atoms with E-state index in [1.807, 2.05) is 36.5 Å². The number of thioether (sulfide) groups is 1. The van der Waals surface area contributed by atoms with E-state index in [0.717, 1.165) is 61.2 Å². The molecule has 1 saturated heterocycles. The lowest BCUT2D eigenvalue weighted by molar-refractivity contribution is -0.146. The third-order valence-electron chi connectivity index (χ3n) is 6.72. The van der Waals surface area contributed by atoms with Gasteiger partial charge in [-0.15, -0.1) is 11.8 Å². The predicted octanol–water partition coefficient (Wildman–Crippen LogP) is 5.52. The molecule has 1 aliphatic heterocycles. The smallest absolute Gasteiger partial charge is 0.308 e. The first kappa shape index (κ1) is 24.5. The molecule has 34 heavy (non-hydrogen) atoms. The van der Waals surface area contributed by atoms with Gasteiger partial charge in [-0.2, -0.15) is 0 Å². The maximum Gasteiger partial charge on any atom is 0.308 e. The topological polar surface area (TPSA) is 62.7 Å². The number of carboxylic acids is 1. The summed E-state index contributed by atoms with van der Waals surface area (Å²) in [5.41, 5.74) is 2.17. The second-order valence-electron chi connectivity index (χ2n) is 8.82. The van der Waals surface area contributed by atoms with E-state index in [1.165, 1.54) is 23.4 Å². The van der Waals surface area contributed by atoms with Crippen molar-refractivity contribution >= 4 is 28.6 Å². The highest BCUT2D eigenvalue weighted by molar-refractivity contribution is 7.99. The van der Waals surface area contributed by atoms with E-state index in [0.29, 0.717) is 11.4 Å². The van der Waals surface area contributed by atoms with Gasteiger partial charge in [0.25, 0.3) is 0 Å². The molecule has 0 aliphatic carbocycles. The number of pyridine rings is 1. The molecule has 0 unspecified atom stereocenters. The molecule has 1 aromatic heterocycles. The average molecular weight is 483 g/mol. The summed E-state index contributed by atoms with van der Waals surface area (Å²) in [6.45, 7) is 2.22. The van der Waals surface area contributed by atoms with Crippen molar-refractivity contribution in [2.24, 2.45) is 11.8 Å². The number of likely N-dealkylation sites (tertiary alicyclic amines) is 1. The third kappa shape index (κ3) is 6.07. The number of nitrogens with zero attached hydrogens (tertiary/aromatic N) is 2. The Labute approximate surface area is 204 Å². The minimum atomic E-state index is -0.712. The highest BCUT2D eigenvalue weighted by atomic mass is 32.2. The predicted molar refractivity (Wildman–Crippen MR) is 134 cm³/mol. The van der Waals surface area contributed by atoms with Gasteiger partial charge < -0.3 is 14.7 Å². The first-order chi connectivity index (χ1) is 16.5. The quantitative estimate of drug-likeness (QED) is 0.384. The number of hydrogen-bond acceptors (Lipinski definition) is 5. The number of methoxy groups -OCH3 is 1. The van der Waals surface area contributed by atoms with Crippen LogP contribution < -0.4 is 4.74 Å². The lowest BCUT2D eigenvalue weighted by atomic mass is 9.81. The minimum Gasteiger partial charge on any atom is -0.497 e. The summed E-state index contributed by atoms with van der Waals surface area (Å²) < 4.78 is 19.2. The summed E-state index contributed by atoms with van der Waals surface area (Å²) in [5.74, 6) is 0.465.